The molecule has 0 aliphatic heterocycles. The van der Waals surface area contributed by atoms with Gasteiger partial charge in [0.05, 0.1) is 18.8 Å². The molecule has 2 N–H and O–H groups in total. The van der Waals surface area contributed by atoms with Crippen LogP contribution in [0.3, 0.4) is 0 Å². The molecule has 0 aromatic carbocycles. The smallest absolute Gasteiger partial charge is 0.229 e. The van der Waals surface area contributed by atoms with Crippen molar-refractivity contribution in [3.63, 3.8) is 0 Å². The second-order valence-corrected chi connectivity index (χ2v) is 5.11. The van der Waals surface area contributed by atoms with Gasteiger partial charge in [0.25, 0.3) is 0 Å². The fourth-order valence-corrected chi connectivity index (χ4v) is 2.07. The number of hydrogen-bond donors (Lipinski definition) is 1. The predicted molar refractivity (Wildman–Crippen MR) is 61.4 cm³/mol. The number of aromatic nitrogens is 2. The van der Waals surface area contributed by atoms with Gasteiger partial charge in [-0.05, 0) is 32.1 Å². The molecule has 0 saturated heterocycles. The van der Waals surface area contributed by atoms with Gasteiger partial charge >= 0.3 is 0 Å². The molecule has 1 atom stereocenters. The fraction of sp³-hybridized carbons (Fsp3) is 0.833. The zero-order chi connectivity index (χ0) is 11.7. The monoisotopic (exact) mass is 237 g/mol. The molecular weight excluding hydrogens is 218 g/mol. The van der Waals surface area contributed by atoms with E-state index < -0.39 is 0 Å². The van der Waals surface area contributed by atoms with Gasteiger partial charge in [0.2, 0.25) is 5.89 Å². The second kappa shape index (κ2) is 4.74. The van der Waals surface area contributed by atoms with Crippen molar-refractivity contribution in [2.45, 2.75) is 56.6 Å². The summed E-state index contributed by atoms with van der Waals surface area (Å²) in [5.41, 5.74) is 5.99. The van der Waals surface area contributed by atoms with Crippen molar-refractivity contribution >= 4 is 0 Å². The topological polar surface area (TPSA) is 74.2 Å². The molecule has 0 bridgehead atoms. The minimum Gasteiger partial charge on any atom is -0.376 e. The molecule has 1 aromatic rings. The number of nitrogens with zero attached hydrogens (tertiary/aromatic N) is 2. The van der Waals surface area contributed by atoms with Crippen LogP contribution in [0.5, 0.6) is 0 Å². The minimum absolute atomic E-state index is 0.256. The average Bonchev–Trinajstić information content (AvgIpc) is 2.61. The van der Waals surface area contributed by atoms with Gasteiger partial charge in [0, 0.05) is 5.92 Å². The van der Waals surface area contributed by atoms with E-state index >= 15 is 0 Å². The van der Waals surface area contributed by atoms with Gasteiger partial charge in [0.15, 0.2) is 5.82 Å². The van der Waals surface area contributed by atoms with Gasteiger partial charge in [-0.3, -0.25) is 0 Å². The van der Waals surface area contributed by atoms with Crippen LogP contribution in [0.25, 0.3) is 0 Å². The average molecular weight is 237 g/mol. The summed E-state index contributed by atoms with van der Waals surface area (Å²) in [5, 5.41) is 3.95. The largest absolute Gasteiger partial charge is 0.376 e. The highest BCUT2D eigenvalue weighted by Gasteiger charge is 2.27. The third-order valence-electron chi connectivity index (χ3n) is 3.81. The highest BCUT2D eigenvalue weighted by Crippen LogP contribution is 2.35. The number of nitrogens with two attached hydrogens (primary N) is 1. The molecule has 1 unspecified atom stereocenters. The van der Waals surface area contributed by atoms with Gasteiger partial charge < -0.3 is 15.0 Å². The van der Waals surface area contributed by atoms with E-state index in [1.807, 2.05) is 0 Å². The number of rotatable bonds is 5. The van der Waals surface area contributed by atoms with E-state index in [9.17, 15) is 0 Å². The minimum atomic E-state index is -0.256. The molecule has 5 nitrogen and oxygen atoms in total. The highest BCUT2D eigenvalue weighted by molar-refractivity contribution is 5.00. The predicted octanol–water partition coefficient (Wildman–Crippen LogP) is 1.91. The molecule has 1 aromatic heterocycles. The molecule has 2 saturated carbocycles. The van der Waals surface area contributed by atoms with Crippen molar-refractivity contribution in [2.75, 3.05) is 6.61 Å². The summed E-state index contributed by atoms with van der Waals surface area (Å²) in [5.74, 6) is 1.81. The first-order chi connectivity index (χ1) is 8.33. The summed E-state index contributed by atoms with van der Waals surface area (Å²) in [6, 6.07) is -0.256. The zero-order valence-corrected chi connectivity index (χ0v) is 9.97. The van der Waals surface area contributed by atoms with E-state index in [1.165, 1.54) is 12.8 Å². The van der Waals surface area contributed by atoms with Crippen LogP contribution < -0.4 is 5.73 Å². The molecule has 2 aliphatic rings. The Labute approximate surface area is 101 Å². The van der Waals surface area contributed by atoms with Gasteiger partial charge in [-0.25, -0.2) is 0 Å². The van der Waals surface area contributed by atoms with Crippen LogP contribution in [0, 0.1) is 0 Å². The Bertz CT molecular complexity index is 372. The van der Waals surface area contributed by atoms with Gasteiger partial charge in [-0.2, -0.15) is 4.98 Å². The maximum atomic E-state index is 5.99. The Morgan fingerprint density at radius 3 is 2.65 bits per heavy atom. The lowest BCUT2D eigenvalue weighted by Gasteiger charge is -2.26. The van der Waals surface area contributed by atoms with Gasteiger partial charge in [-0.1, -0.05) is 11.6 Å². The molecule has 94 valence electrons. The van der Waals surface area contributed by atoms with E-state index in [1.54, 1.807) is 0 Å². The molecule has 2 fully saturated rings. The highest BCUT2D eigenvalue weighted by atomic mass is 16.5. The third kappa shape index (κ3) is 2.35. The van der Waals surface area contributed by atoms with Crippen LogP contribution in [-0.2, 0) is 4.74 Å². The van der Waals surface area contributed by atoms with Crippen LogP contribution in [0.15, 0.2) is 4.52 Å². The normalized spacial score (nSPS) is 23.1. The summed E-state index contributed by atoms with van der Waals surface area (Å²) in [4.78, 5) is 4.37. The first kappa shape index (κ1) is 11.2. The van der Waals surface area contributed by atoms with E-state index in [0.29, 0.717) is 24.5 Å². The van der Waals surface area contributed by atoms with Crippen LogP contribution >= 0.6 is 0 Å². The summed E-state index contributed by atoms with van der Waals surface area (Å²) in [6.45, 7) is 0.494. The van der Waals surface area contributed by atoms with Crippen LogP contribution in [0.2, 0.25) is 0 Å². The van der Waals surface area contributed by atoms with Crippen molar-refractivity contribution in [3.05, 3.63) is 11.7 Å². The first-order valence-electron chi connectivity index (χ1n) is 6.53. The van der Waals surface area contributed by atoms with Crippen molar-refractivity contribution in [1.29, 1.82) is 0 Å². The second-order valence-electron chi connectivity index (χ2n) is 5.11. The Kier molecular flexibility index (Phi) is 3.11. The van der Waals surface area contributed by atoms with E-state index in [0.717, 1.165) is 31.6 Å². The molecule has 17 heavy (non-hydrogen) atoms. The number of ether oxygens (including phenoxy) is 1. The van der Waals surface area contributed by atoms with Crippen molar-refractivity contribution in [1.82, 2.24) is 10.1 Å². The third-order valence-corrected chi connectivity index (χ3v) is 3.81. The van der Waals surface area contributed by atoms with Gasteiger partial charge in [0.1, 0.15) is 0 Å². The summed E-state index contributed by atoms with van der Waals surface area (Å²) in [6.07, 6.45) is 7.58. The Balaban J connectivity index is 1.52. The lowest BCUT2D eigenvalue weighted by atomic mass is 9.85. The standard InChI is InChI=1S/C12H19N3O2/c13-10(7-16-9-5-2-6-9)11-14-12(17-15-11)8-3-1-4-8/h8-10H,1-7,13H2. The molecule has 1 heterocycles. The molecule has 3 rings (SSSR count). The fourth-order valence-electron chi connectivity index (χ4n) is 2.07. The molecule has 5 heteroatoms. The zero-order valence-electron chi connectivity index (χ0n) is 9.97. The molecule has 0 amide bonds. The maximum Gasteiger partial charge on any atom is 0.229 e. The van der Waals surface area contributed by atoms with E-state index in [-0.39, 0.29) is 6.04 Å². The van der Waals surface area contributed by atoms with Crippen molar-refractivity contribution < 1.29 is 9.26 Å². The van der Waals surface area contributed by atoms with Crippen LogP contribution in [0.1, 0.15) is 62.2 Å². The Morgan fingerprint density at radius 1 is 1.29 bits per heavy atom. The molecular formula is C12H19N3O2. The molecule has 0 spiro atoms. The summed E-state index contributed by atoms with van der Waals surface area (Å²) >= 11 is 0. The maximum absolute atomic E-state index is 5.99. The first-order valence-corrected chi connectivity index (χ1v) is 6.53. The van der Waals surface area contributed by atoms with Crippen LogP contribution in [-0.4, -0.2) is 22.9 Å². The van der Waals surface area contributed by atoms with Gasteiger partial charge in [-0.15, -0.1) is 0 Å². The molecule has 0 radical (unpaired) electrons. The van der Waals surface area contributed by atoms with E-state index in [4.69, 9.17) is 15.0 Å². The van der Waals surface area contributed by atoms with Crippen molar-refractivity contribution in [3.8, 4) is 0 Å². The Hall–Kier alpha value is -0.940. The lowest BCUT2D eigenvalue weighted by molar-refractivity contribution is -0.00549. The quantitative estimate of drug-likeness (QED) is 0.846. The summed E-state index contributed by atoms with van der Waals surface area (Å²) in [7, 11) is 0. The molecule has 2 aliphatic carbocycles. The SMILES string of the molecule is NC(COC1CCC1)c1noc(C2CCC2)n1. The lowest BCUT2D eigenvalue weighted by Crippen LogP contribution is -2.27. The van der Waals surface area contributed by atoms with E-state index in [2.05, 4.69) is 10.1 Å². The van der Waals surface area contributed by atoms with Crippen molar-refractivity contribution in [2.24, 2.45) is 5.73 Å². The summed E-state index contributed by atoms with van der Waals surface area (Å²) < 4.78 is 10.9. The number of hydrogen-bond acceptors (Lipinski definition) is 5. The van der Waals surface area contributed by atoms with Crippen LogP contribution in [0.4, 0.5) is 0 Å². The Morgan fingerprint density at radius 2 is 2.06 bits per heavy atom.